The number of carbonyl (C=O) groups is 2. The second-order valence-electron chi connectivity index (χ2n) is 3.07. The van der Waals surface area contributed by atoms with Crippen molar-refractivity contribution in [3.05, 3.63) is 23.9 Å². The summed E-state index contributed by atoms with van der Waals surface area (Å²) >= 11 is 0. The zero-order valence-corrected chi connectivity index (χ0v) is 8.63. The summed E-state index contributed by atoms with van der Waals surface area (Å²) in [5.41, 5.74) is 0.558. The number of hydrogen-bond donors (Lipinski definition) is 2. The molecule has 8 heteroatoms. The van der Waals surface area contributed by atoms with Crippen molar-refractivity contribution in [2.75, 3.05) is 5.32 Å². The van der Waals surface area contributed by atoms with E-state index in [9.17, 15) is 22.8 Å². The van der Waals surface area contributed by atoms with Gasteiger partial charge in [0.2, 0.25) is 0 Å². The summed E-state index contributed by atoms with van der Waals surface area (Å²) in [7, 11) is 0. The highest BCUT2D eigenvalue weighted by Gasteiger charge is 2.39. The average Bonchev–Trinajstić information content (AvgIpc) is 2.20. The van der Waals surface area contributed by atoms with Crippen molar-refractivity contribution in [2.24, 2.45) is 0 Å². The first-order valence-electron chi connectivity index (χ1n) is 4.41. The molecule has 0 fully saturated rings. The van der Waals surface area contributed by atoms with E-state index < -0.39 is 18.1 Å². The largest absolute Gasteiger partial charge is 0.471 e. The topological polar surface area (TPSA) is 71.1 Å². The minimum absolute atomic E-state index is 0.0833. The van der Waals surface area contributed by atoms with E-state index in [0.717, 1.165) is 5.32 Å². The number of halogens is 3. The van der Waals surface area contributed by atoms with Crippen LogP contribution >= 0.6 is 0 Å². The van der Waals surface area contributed by atoms with E-state index in [1.165, 1.54) is 6.20 Å². The predicted molar refractivity (Wildman–Crippen MR) is 52.2 cm³/mol. The molecule has 1 heterocycles. The molecule has 3 amide bonds. The first-order valence-corrected chi connectivity index (χ1v) is 4.41. The quantitative estimate of drug-likeness (QED) is 0.791. The van der Waals surface area contributed by atoms with E-state index in [0.29, 0.717) is 5.56 Å². The summed E-state index contributed by atoms with van der Waals surface area (Å²) in [4.78, 5) is 25.2. The van der Waals surface area contributed by atoms with Gasteiger partial charge in [-0.2, -0.15) is 13.2 Å². The summed E-state index contributed by atoms with van der Waals surface area (Å²) in [6.45, 7) is 1.61. The van der Waals surface area contributed by atoms with E-state index in [1.807, 2.05) is 5.32 Å². The summed E-state index contributed by atoms with van der Waals surface area (Å²) in [5, 5.41) is 3.17. The van der Waals surface area contributed by atoms with E-state index in [4.69, 9.17) is 0 Å². The van der Waals surface area contributed by atoms with Gasteiger partial charge in [-0.05, 0) is 18.6 Å². The maximum atomic E-state index is 11.8. The zero-order valence-electron chi connectivity index (χ0n) is 8.63. The van der Waals surface area contributed by atoms with Crippen LogP contribution in [-0.4, -0.2) is 23.1 Å². The Hall–Kier alpha value is -2.12. The van der Waals surface area contributed by atoms with Gasteiger partial charge in [-0.1, -0.05) is 6.07 Å². The Kier molecular flexibility index (Phi) is 3.66. The normalized spacial score (nSPS) is 10.8. The molecule has 0 saturated heterocycles. The molecule has 17 heavy (non-hydrogen) atoms. The lowest BCUT2D eigenvalue weighted by atomic mass is 10.3. The summed E-state index contributed by atoms with van der Waals surface area (Å²) < 4.78 is 35.5. The van der Waals surface area contributed by atoms with E-state index in [-0.39, 0.29) is 5.82 Å². The monoisotopic (exact) mass is 247 g/mol. The molecule has 0 aliphatic heterocycles. The number of pyridine rings is 1. The Bertz CT molecular complexity index is 445. The highest BCUT2D eigenvalue weighted by Crippen LogP contribution is 2.14. The molecule has 0 atom stereocenters. The van der Waals surface area contributed by atoms with Gasteiger partial charge in [0.15, 0.2) is 0 Å². The molecular formula is C9H8F3N3O2. The van der Waals surface area contributed by atoms with Gasteiger partial charge in [0.05, 0.1) is 0 Å². The molecule has 0 spiro atoms. The van der Waals surface area contributed by atoms with Gasteiger partial charge in [0.25, 0.3) is 0 Å². The molecule has 0 saturated carbocycles. The molecule has 1 aromatic rings. The van der Waals surface area contributed by atoms with Crippen LogP contribution in [0.4, 0.5) is 23.8 Å². The number of imide groups is 1. The fourth-order valence-electron chi connectivity index (χ4n) is 0.929. The van der Waals surface area contributed by atoms with Crippen molar-refractivity contribution in [3.8, 4) is 0 Å². The van der Waals surface area contributed by atoms with Crippen LogP contribution in [0.3, 0.4) is 0 Å². The molecule has 0 aliphatic rings. The molecule has 0 aliphatic carbocycles. The van der Waals surface area contributed by atoms with E-state index in [1.54, 1.807) is 19.1 Å². The molecule has 0 aromatic carbocycles. The number of carbonyl (C=O) groups excluding carboxylic acids is 2. The first-order chi connectivity index (χ1) is 7.80. The molecule has 2 N–H and O–H groups in total. The van der Waals surface area contributed by atoms with Gasteiger partial charge in [-0.15, -0.1) is 0 Å². The molecule has 5 nitrogen and oxygen atoms in total. The zero-order chi connectivity index (χ0) is 13.1. The van der Waals surface area contributed by atoms with Gasteiger partial charge < -0.3 is 0 Å². The first kappa shape index (κ1) is 12.9. The average molecular weight is 247 g/mol. The Morgan fingerprint density at radius 2 is 2.00 bits per heavy atom. The smallest absolute Gasteiger partial charge is 0.292 e. The van der Waals surface area contributed by atoms with Crippen molar-refractivity contribution in [3.63, 3.8) is 0 Å². The fraction of sp³-hybridized carbons (Fsp3) is 0.222. The van der Waals surface area contributed by atoms with Gasteiger partial charge in [-0.25, -0.2) is 9.78 Å². The fourth-order valence-corrected chi connectivity index (χ4v) is 0.929. The van der Waals surface area contributed by atoms with Crippen molar-refractivity contribution in [2.45, 2.75) is 13.1 Å². The number of rotatable bonds is 1. The molecule has 0 radical (unpaired) electrons. The van der Waals surface area contributed by atoms with Crippen molar-refractivity contribution in [1.29, 1.82) is 0 Å². The maximum Gasteiger partial charge on any atom is 0.471 e. The Balaban J connectivity index is 2.63. The van der Waals surface area contributed by atoms with Crippen LogP contribution in [0.25, 0.3) is 0 Å². The number of amides is 3. The molecule has 0 bridgehead atoms. The number of hydrogen-bond acceptors (Lipinski definition) is 3. The predicted octanol–water partition coefficient (Wildman–Crippen LogP) is 1.60. The Morgan fingerprint density at radius 1 is 1.35 bits per heavy atom. The molecular weight excluding hydrogens is 239 g/mol. The summed E-state index contributed by atoms with van der Waals surface area (Å²) in [5.74, 6) is -2.25. The third-order valence-electron chi connectivity index (χ3n) is 1.73. The lowest BCUT2D eigenvalue weighted by Gasteiger charge is -2.09. The van der Waals surface area contributed by atoms with Crippen molar-refractivity contribution >= 4 is 17.8 Å². The van der Waals surface area contributed by atoms with Gasteiger partial charge in [-0.3, -0.25) is 15.4 Å². The summed E-state index contributed by atoms with van der Waals surface area (Å²) in [6, 6.07) is 1.92. The molecule has 1 rings (SSSR count). The maximum absolute atomic E-state index is 11.8. The minimum Gasteiger partial charge on any atom is -0.292 e. The SMILES string of the molecule is Cc1cccnc1NC(=O)NC(=O)C(F)(F)F. The lowest BCUT2D eigenvalue weighted by molar-refractivity contribution is -0.172. The third-order valence-corrected chi connectivity index (χ3v) is 1.73. The number of nitrogens with one attached hydrogen (secondary N) is 2. The van der Waals surface area contributed by atoms with Crippen LogP contribution in [0.2, 0.25) is 0 Å². The van der Waals surface area contributed by atoms with Crippen LogP contribution in [-0.2, 0) is 4.79 Å². The third kappa shape index (κ3) is 3.74. The number of aryl methyl sites for hydroxylation is 1. The molecule has 0 unspecified atom stereocenters. The number of nitrogens with zero attached hydrogens (tertiary/aromatic N) is 1. The van der Waals surface area contributed by atoms with E-state index >= 15 is 0 Å². The molecule has 92 valence electrons. The summed E-state index contributed by atoms with van der Waals surface area (Å²) in [6.07, 6.45) is -3.75. The Labute approximate surface area is 94.0 Å². The molecule has 1 aromatic heterocycles. The Morgan fingerprint density at radius 3 is 2.53 bits per heavy atom. The van der Waals surface area contributed by atoms with E-state index in [2.05, 4.69) is 4.98 Å². The number of aromatic nitrogens is 1. The number of urea groups is 1. The van der Waals surface area contributed by atoms with Crippen LogP contribution in [0.1, 0.15) is 5.56 Å². The second kappa shape index (κ2) is 4.81. The lowest BCUT2D eigenvalue weighted by Crippen LogP contribution is -2.42. The standard InChI is InChI=1S/C9H8F3N3O2/c1-5-3-2-4-13-6(5)14-8(17)15-7(16)9(10,11)12/h2-4H,1H3,(H2,13,14,15,16,17). The van der Waals surface area contributed by atoms with Crippen LogP contribution < -0.4 is 10.6 Å². The second-order valence-corrected chi connectivity index (χ2v) is 3.07. The van der Waals surface area contributed by atoms with Gasteiger partial charge in [0.1, 0.15) is 5.82 Å². The van der Waals surface area contributed by atoms with Crippen molar-refractivity contribution < 1.29 is 22.8 Å². The highest BCUT2D eigenvalue weighted by molar-refractivity contribution is 6.02. The minimum atomic E-state index is -5.10. The van der Waals surface area contributed by atoms with Crippen LogP contribution in [0.5, 0.6) is 0 Å². The van der Waals surface area contributed by atoms with Crippen LogP contribution in [0, 0.1) is 6.92 Å². The number of anilines is 1. The van der Waals surface area contributed by atoms with Crippen molar-refractivity contribution in [1.82, 2.24) is 10.3 Å². The van der Waals surface area contributed by atoms with Crippen LogP contribution in [0.15, 0.2) is 18.3 Å². The van der Waals surface area contributed by atoms with Gasteiger partial charge >= 0.3 is 18.1 Å². The highest BCUT2D eigenvalue weighted by atomic mass is 19.4. The van der Waals surface area contributed by atoms with Gasteiger partial charge in [0, 0.05) is 6.20 Å². The number of alkyl halides is 3.